The van der Waals surface area contributed by atoms with E-state index < -0.39 is 0 Å². The van der Waals surface area contributed by atoms with Crippen molar-refractivity contribution in [2.45, 2.75) is 39.2 Å². The minimum atomic E-state index is 0.154. The van der Waals surface area contributed by atoms with Crippen LogP contribution in [0.15, 0.2) is 5.38 Å². The van der Waals surface area contributed by atoms with Crippen LogP contribution >= 0.6 is 11.3 Å². The first-order valence-corrected chi connectivity index (χ1v) is 6.01. The second kappa shape index (κ2) is 5.29. The Balaban J connectivity index is 2.44. The average molecular weight is 222 g/mol. The van der Waals surface area contributed by atoms with E-state index in [0.717, 1.165) is 25.2 Å². The van der Waals surface area contributed by atoms with Gasteiger partial charge in [-0.1, -0.05) is 20.8 Å². The second-order valence-corrected chi connectivity index (χ2v) is 5.38. The van der Waals surface area contributed by atoms with Crippen LogP contribution in [0.5, 0.6) is 0 Å². The van der Waals surface area contributed by atoms with Crippen molar-refractivity contribution >= 4 is 11.3 Å². The molecule has 0 aliphatic rings. The number of aromatic nitrogens is 1. The highest BCUT2D eigenvalue weighted by molar-refractivity contribution is 7.09. The van der Waals surface area contributed by atoms with Crippen molar-refractivity contribution in [1.82, 2.24) is 10.3 Å². The third kappa shape index (κ3) is 4.03. The summed E-state index contributed by atoms with van der Waals surface area (Å²) in [5, 5.41) is 6.57. The molecule has 0 aromatic carbocycles. The van der Waals surface area contributed by atoms with E-state index in [4.69, 9.17) is 6.42 Å². The van der Waals surface area contributed by atoms with Crippen LogP contribution in [0.3, 0.4) is 0 Å². The lowest BCUT2D eigenvalue weighted by Gasteiger charge is -2.13. The summed E-state index contributed by atoms with van der Waals surface area (Å²) in [5.41, 5.74) is 1.27. The van der Waals surface area contributed by atoms with E-state index in [1.165, 1.54) is 5.01 Å². The van der Waals surface area contributed by atoms with Crippen LogP contribution in [-0.4, -0.2) is 11.5 Å². The molecule has 1 N–H and O–H groups in total. The van der Waals surface area contributed by atoms with Crippen molar-refractivity contribution in [3.05, 3.63) is 16.1 Å². The summed E-state index contributed by atoms with van der Waals surface area (Å²) in [6, 6.07) is 0. The monoisotopic (exact) mass is 222 g/mol. The Morgan fingerprint density at radius 2 is 2.27 bits per heavy atom. The first kappa shape index (κ1) is 12.2. The molecule has 1 rings (SSSR count). The smallest absolute Gasteiger partial charge is 0.0982 e. The van der Waals surface area contributed by atoms with E-state index in [1.54, 1.807) is 11.3 Å². The number of nitrogens with one attached hydrogen (secondary N) is 1. The first-order chi connectivity index (χ1) is 7.04. The van der Waals surface area contributed by atoms with E-state index in [0.29, 0.717) is 0 Å². The number of nitrogens with zero attached hydrogens (tertiary/aromatic N) is 1. The van der Waals surface area contributed by atoms with E-state index in [9.17, 15) is 0 Å². The van der Waals surface area contributed by atoms with Gasteiger partial charge in [-0.25, -0.2) is 4.98 Å². The van der Waals surface area contributed by atoms with Crippen molar-refractivity contribution in [1.29, 1.82) is 0 Å². The molecular formula is C12H18N2S. The summed E-state index contributed by atoms with van der Waals surface area (Å²) in [6.07, 6.45) is 5.94. The first-order valence-electron chi connectivity index (χ1n) is 5.13. The quantitative estimate of drug-likeness (QED) is 0.625. The van der Waals surface area contributed by atoms with Crippen molar-refractivity contribution in [3.63, 3.8) is 0 Å². The summed E-state index contributed by atoms with van der Waals surface area (Å²) in [4.78, 5) is 4.58. The Kier molecular flexibility index (Phi) is 4.31. The number of thiazole rings is 1. The number of terminal acetylenes is 1. The van der Waals surface area contributed by atoms with Gasteiger partial charge in [-0.2, -0.15) is 0 Å². The molecule has 0 saturated carbocycles. The highest BCUT2D eigenvalue weighted by Crippen LogP contribution is 2.25. The zero-order valence-electron chi connectivity index (χ0n) is 9.63. The van der Waals surface area contributed by atoms with Crippen LogP contribution in [0.4, 0.5) is 0 Å². The van der Waals surface area contributed by atoms with Gasteiger partial charge in [-0.05, 0) is 0 Å². The van der Waals surface area contributed by atoms with Crippen LogP contribution in [-0.2, 0) is 12.0 Å². The van der Waals surface area contributed by atoms with Crippen LogP contribution in [0.25, 0.3) is 0 Å². The maximum atomic E-state index is 5.17. The molecule has 1 heterocycles. The predicted octanol–water partition coefficient (Wildman–Crippen LogP) is 2.55. The Hall–Kier alpha value is -0.850. The molecule has 0 spiro atoms. The summed E-state index contributed by atoms with van der Waals surface area (Å²) >= 11 is 1.73. The topological polar surface area (TPSA) is 24.9 Å². The third-order valence-corrected chi connectivity index (χ3v) is 3.26. The molecule has 82 valence electrons. The van der Waals surface area contributed by atoms with Crippen molar-refractivity contribution in [2.75, 3.05) is 6.54 Å². The van der Waals surface area contributed by atoms with Crippen molar-refractivity contribution < 1.29 is 0 Å². The zero-order chi connectivity index (χ0) is 11.3. The van der Waals surface area contributed by atoms with Gasteiger partial charge in [0.05, 0.1) is 10.7 Å². The summed E-state index contributed by atoms with van der Waals surface area (Å²) in [5.74, 6) is 2.60. The summed E-state index contributed by atoms with van der Waals surface area (Å²) < 4.78 is 0. The molecule has 0 aliphatic heterocycles. The van der Waals surface area contributed by atoms with Gasteiger partial charge in [0.1, 0.15) is 0 Å². The van der Waals surface area contributed by atoms with Crippen molar-refractivity contribution in [2.24, 2.45) is 0 Å². The molecule has 0 aliphatic carbocycles. The molecule has 1 aromatic rings. The van der Waals surface area contributed by atoms with Gasteiger partial charge in [0, 0.05) is 30.3 Å². The Bertz CT molecular complexity index is 341. The molecule has 15 heavy (non-hydrogen) atoms. The maximum absolute atomic E-state index is 5.17. The molecular weight excluding hydrogens is 204 g/mol. The number of hydrogen-bond acceptors (Lipinski definition) is 3. The fraction of sp³-hybridized carbons (Fsp3) is 0.583. The third-order valence-electron chi connectivity index (χ3n) is 1.95. The minimum Gasteiger partial charge on any atom is -0.310 e. The van der Waals surface area contributed by atoms with Gasteiger partial charge in [-0.3, -0.25) is 0 Å². The van der Waals surface area contributed by atoms with Gasteiger partial charge in [0.2, 0.25) is 0 Å². The average Bonchev–Trinajstić information content (AvgIpc) is 2.60. The highest BCUT2D eigenvalue weighted by atomic mass is 32.1. The van der Waals surface area contributed by atoms with Crippen LogP contribution < -0.4 is 5.32 Å². The molecule has 0 bridgehead atoms. The number of hydrogen-bond donors (Lipinski definition) is 1. The molecule has 0 unspecified atom stereocenters. The van der Waals surface area contributed by atoms with E-state index in [1.807, 2.05) is 0 Å². The normalized spacial score (nSPS) is 11.3. The number of rotatable bonds is 4. The lowest BCUT2D eigenvalue weighted by molar-refractivity contribution is 0.580. The molecule has 0 atom stereocenters. The van der Waals surface area contributed by atoms with E-state index in [-0.39, 0.29) is 5.41 Å². The lowest BCUT2D eigenvalue weighted by Crippen LogP contribution is -2.15. The van der Waals surface area contributed by atoms with E-state index in [2.05, 4.69) is 42.4 Å². The summed E-state index contributed by atoms with van der Waals surface area (Å²) in [7, 11) is 0. The molecule has 1 aromatic heterocycles. The molecule has 0 radical (unpaired) electrons. The largest absolute Gasteiger partial charge is 0.310 e. The molecule has 3 heteroatoms. The highest BCUT2D eigenvalue weighted by Gasteiger charge is 2.17. The SMILES string of the molecule is C#CCCNCc1csc(C(C)(C)C)n1. The minimum absolute atomic E-state index is 0.154. The fourth-order valence-electron chi connectivity index (χ4n) is 1.11. The zero-order valence-corrected chi connectivity index (χ0v) is 10.4. The van der Waals surface area contributed by atoms with Gasteiger partial charge in [0.15, 0.2) is 0 Å². The second-order valence-electron chi connectivity index (χ2n) is 4.52. The Morgan fingerprint density at radius 3 is 2.80 bits per heavy atom. The standard InChI is InChI=1S/C12H18N2S/c1-5-6-7-13-8-10-9-15-11(14-10)12(2,3)4/h1,9,13H,6-8H2,2-4H3. The Labute approximate surface area is 96.1 Å². The summed E-state index contributed by atoms with van der Waals surface area (Å²) in [6.45, 7) is 8.22. The van der Waals surface area contributed by atoms with Crippen LogP contribution in [0.2, 0.25) is 0 Å². The molecule has 0 fully saturated rings. The van der Waals surface area contributed by atoms with Gasteiger partial charge in [-0.15, -0.1) is 23.7 Å². The predicted molar refractivity (Wildman–Crippen MR) is 66.0 cm³/mol. The molecule has 2 nitrogen and oxygen atoms in total. The van der Waals surface area contributed by atoms with Crippen molar-refractivity contribution in [3.8, 4) is 12.3 Å². The van der Waals surface area contributed by atoms with Gasteiger partial charge < -0.3 is 5.32 Å². The maximum Gasteiger partial charge on any atom is 0.0982 e. The lowest BCUT2D eigenvalue weighted by atomic mass is 9.98. The van der Waals surface area contributed by atoms with Gasteiger partial charge >= 0.3 is 0 Å². The van der Waals surface area contributed by atoms with Crippen LogP contribution in [0, 0.1) is 12.3 Å². The molecule has 0 saturated heterocycles. The Morgan fingerprint density at radius 1 is 1.53 bits per heavy atom. The van der Waals surface area contributed by atoms with Gasteiger partial charge in [0.25, 0.3) is 0 Å². The van der Waals surface area contributed by atoms with Crippen LogP contribution in [0.1, 0.15) is 37.9 Å². The van der Waals surface area contributed by atoms with E-state index >= 15 is 0 Å². The molecule has 0 amide bonds. The fourth-order valence-corrected chi connectivity index (χ4v) is 2.02.